The van der Waals surface area contributed by atoms with Gasteiger partial charge in [-0.15, -0.1) is 11.3 Å². The molecule has 0 saturated heterocycles. The minimum atomic E-state index is -0.259. The van der Waals surface area contributed by atoms with Gasteiger partial charge in [-0.1, -0.05) is 6.92 Å². The highest BCUT2D eigenvalue weighted by atomic mass is 32.1. The number of aliphatic hydroxyl groups excluding tert-OH is 1. The quantitative estimate of drug-likeness (QED) is 0.757. The van der Waals surface area contributed by atoms with E-state index in [9.17, 15) is 0 Å². The summed E-state index contributed by atoms with van der Waals surface area (Å²) in [7, 11) is 0. The molecule has 0 radical (unpaired) electrons. The number of nitrogens with one attached hydrogen (secondary N) is 1. The predicted molar refractivity (Wildman–Crippen MR) is 57.1 cm³/mol. The molecule has 0 amide bonds. The minimum absolute atomic E-state index is 0.259. The minimum Gasteiger partial charge on any atom is -0.392 e. The van der Waals surface area contributed by atoms with Gasteiger partial charge in [0.05, 0.1) is 6.10 Å². The molecule has 1 unspecified atom stereocenters. The lowest BCUT2D eigenvalue weighted by Gasteiger charge is -2.06. The largest absolute Gasteiger partial charge is 0.392 e. The van der Waals surface area contributed by atoms with Crippen LogP contribution in [-0.2, 0) is 13.0 Å². The second kappa shape index (κ2) is 5.37. The second-order valence-electron chi connectivity index (χ2n) is 3.20. The predicted octanol–water partition coefficient (Wildman–Crippen LogP) is 1.78. The lowest BCUT2D eigenvalue weighted by atomic mass is 10.2. The van der Waals surface area contributed by atoms with Crippen LogP contribution in [-0.4, -0.2) is 17.8 Å². The molecule has 0 spiro atoms. The normalized spacial score (nSPS) is 13.2. The fourth-order valence-corrected chi connectivity index (χ4v) is 2.18. The van der Waals surface area contributed by atoms with E-state index in [-0.39, 0.29) is 6.10 Å². The zero-order chi connectivity index (χ0) is 9.68. The molecule has 0 aliphatic heterocycles. The zero-order valence-corrected chi connectivity index (χ0v) is 9.03. The molecule has 2 N–H and O–H groups in total. The molecular weight excluding hydrogens is 182 g/mol. The summed E-state index contributed by atoms with van der Waals surface area (Å²) in [6, 6.07) is 2.17. The molecule has 13 heavy (non-hydrogen) atoms. The molecule has 1 heterocycles. The maximum absolute atomic E-state index is 9.05. The van der Waals surface area contributed by atoms with Gasteiger partial charge in [0.2, 0.25) is 0 Å². The molecule has 0 saturated carbocycles. The highest BCUT2D eigenvalue weighted by molar-refractivity contribution is 7.10. The van der Waals surface area contributed by atoms with Crippen LogP contribution in [0.4, 0.5) is 0 Å². The summed E-state index contributed by atoms with van der Waals surface area (Å²) in [5.74, 6) is 0. The van der Waals surface area contributed by atoms with E-state index in [0.717, 1.165) is 13.0 Å². The van der Waals surface area contributed by atoms with E-state index in [2.05, 4.69) is 23.7 Å². The molecule has 74 valence electrons. The van der Waals surface area contributed by atoms with Crippen LogP contribution in [0.3, 0.4) is 0 Å². The zero-order valence-electron chi connectivity index (χ0n) is 8.21. The Bertz CT molecular complexity index is 245. The first-order valence-electron chi connectivity index (χ1n) is 4.68. The lowest BCUT2D eigenvalue weighted by Crippen LogP contribution is -2.23. The Hall–Kier alpha value is -0.380. The number of rotatable bonds is 5. The van der Waals surface area contributed by atoms with Crippen LogP contribution in [0.15, 0.2) is 11.4 Å². The van der Waals surface area contributed by atoms with Crippen LogP contribution < -0.4 is 5.32 Å². The average molecular weight is 199 g/mol. The van der Waals surface area contributed by atoms with Crippen molar-refractivity contribution in [3.63, 3.8) is 0 Å². The number of thiophene rings is 1. The molecule has 0 bridgehead atoms. The van der Waals surface area contributed by atoms with Crippen molar-refractivity contribution in [1.82, 2.24) is 5.32 Å². The van der Waals surface area contributed by atoms with Crippen LogP contribution in [0.2, 0.25) is 0 Å². The average Bonchev–Trinajstić information content (AvgIpc) is 2.51. The molecule has 1 aromatic rings. The van der Waals surface area contributed by atoms with E-state index in [1.54, 1.807) is 18.3 Å². The Kier molecular flexibility index (Phi) is 4.42. The van der Waals surface area contributed by atoms with E-state index in [1.165, 1.54) is 10.4 Å². The van der Waals surface area contributed by atoms with Gasteiger partial charge in [0, 0.05) is 18.0 Å². The topological polar surface area (TPSA) is 32.3 Å². The van der Waals surface area contributed by atoms with E-state index < -0.39 is 0 Å². The molecular formula is C10H17NOS. The fraction of sp³-hybridized carbons (Fsp3) is 0.600. The molecule has 1 atom stereocenters. The van der Waals surface area contributed by atoms with Crippen molar-refractivity contribution in [1.29, 1.82) is 0 Å². The van der Waals surface area contributed by atoms with Gasteiger partial charge < -0.3 is 10.4 Å². The first kappa shape index (κ1) is 10.7. The number of aliphatic hydroxyl groups is 1. The first-order chi connectivity index (χ1) is 6.24. The molecule has 0 aliphatic rings. The van der Waals surface area contributed by atoms with Crippen molar-refractivity contribution in [2.45, 2.75) is 32.9 Å². The van der Waals surface area contributed by atoms with E-state index in [1.807, 2.05) is 0 Å². The highest BCUT2D eigenvalue weighted by Gasteiger charge is 2.02. The van der Waals surface area contributed by atoms with Crippen molar-refractivity contribution in [3.8, 4) is 0 Å². The number of hydrogen-bond donors (Lipinski definition) is 2. The first-order valence-corrected chi connectivity index (χ1v) is 5.56. The van der Waals surface area contributed by atoms with E-state index in [0.29, 0.717) is 6.54 Å². The third-order valence-corrected chi connectivity index (χ3v) is 2.91. The summed E-state index contributed by atoms with van der Waals surface area (Å²) >= 11 is 1.78. The number of aryl methyl sites for hydroxylation is 1. The van der Waals surface area contributed by atoms with Crippen LogP contribution in [0.5, 0.6) is 0 Å². The molecule has 1 aromatic heterocycles. The highest BCUT2D eigenvalue weighted by Crippen LogP contribution is 2.16. The summed E-state index contributed by atoms with van der Waals surface area (Å²) in [6.45, 7) is 5.51. The molecule has 0 fully saturated rings. The smallest absolute Gasteiger partial charge is 0.0636 e. The van der Waals surface area contributed by atoms with Crippen LogP contribution in [0.25, 0.3) is 0 Å². The summed E-state index contributed by atoms with van der Waals surface area (Å²) < 4.78 is 0. The molecule has 2 nitrogen and oxygen atoms in total. The Morgan fingerprint density at radius 2 is 2.38 bits per heavy atom. The summed E-state index contributed by atoms with van der Waals surface area (Å²) in [6.07, 6.45) is 0.833. The van der Waals surface area contributed by atoms with Gasteiger partial charge in [0.1, 0.15) is 0 Å². The van der Waals surface area contributed by atoms with Crippen molar-refractivity contribution in [2.24, 2.45) is 0 Å². The van der Waals surface area contributed by atoms with Gasteiger partial charge in [-0.25, -0.2) is 0 Å². The van der Waals surface area contributed by atoms with Crippen molar-refractivity contribution in [3.05, 3.63) is 21.9 Å². The van der Waals surface area contributed by atoms with Gasteiger partial charge in [0.25, 0.3) is 0 Å². The van der Waals surface area contributed by atoms with Gasteiger partial charge in [0.15, 0.2) is 0 Å². The van der Waals surface area contributed by atoms with Crippen molar-refractivity contribution >= 4 is 11.3 Å². The summed E-state index contributed by atoms with van der Waals surface area (Å²) in [5.41, 5.74) is 1.42. The summed E-state index contributed by atoms with van der Waals surface area (Å²) in [5, 5.41) is 14.4. The third kappa shape index (κ3) is 3.46. The Balaban J connectivity index is 2.36. The molecule has 0 aliphatic carbocycles. The molecule has 3 heteroatoms. The van der Waals surface area contributed by atoms with E-state index in [4.69, 9.17) is 5.11 Å². The summed E-state index contributed by atoms with van der Waals surface area (Å²) in [4.78, 5) is 1.39. The van der Waals surface area contributed by atoms with Crippen LogP contribution in [0.1, 0.15) is 24.3 Å². The standard InChI is InChI=1S/C10H17NOS/c1-3-9-4-5-13-10(9)7-11-6-8(2)12/h4-5,8,11-12H,3,6-7H2,1-2H3. The monoisotopic (exact) mass is 199 g/mol. The number of hydrogen-bond acceptors (Lipinski definition) is 3. The fourth-order valence-electron chi connectivity index (χ4n) is 1.23. The Morgan fingerprint density at radius 1 is 1.62 bits per heavy atom. The van der Waals surface area contributed by atoms with Crippen molar-refractivity contribution in [2.75, 3.05) is 6.54 Å². The Morgan fingerprint density at radius 3 is 3.00 bits per heavy atom. The SMILES string of the molecule is CCc1ccsc1CNCC(C)O. The molecule has 1 rings (SSSR count). The maximum atomic E-state index is 9.05. The van der Waals surface area contributed by atoms with Crippen molar-refractivity contribution < 1.29 is 5.11 Å². The third-order valence-electron chi connectivity index (χ3n) is 1.94. The van der Waals surface area contributed by atoms with Gasteiger partial charge in [-0.05, 0) is 30.4 Å². The van der Waals surface area contributed by atoms with E-state index >= 15 is 0 Å². The van der Waals surface area contributed by atoms with Crippen LogP contribution in [0, 0.1) is 0 Å². The molecule has 0 aromatic carbocycles. The van der Waals surface area contributed by atoms with Gasteiger partial charge in [-0.3, -0.25) is 0 Å². The Labute approximate surface area is 83.6 Å². The second-order valence-corrected chi connectivity index (χ2v) is 4.20. The van der Waals surface area contributed by atoms with Crippen LogP contribution >= 0.6 is 11.3 Å². The lowest BCUT2D eigenvalue weighted by molar-refractivity contribution is 0.191. The maximum Gasteiger partial charge on any atom is 0.0636 e. The van der Waals surface area contributed by atoms with Gasteiger partial charge in [-0.2, -0.15) is 0 Å². The van der Waals surface area contributed by atoms with Gasteiger partial charge >= 0.3 is 0 Å².